The number of phenolic OH excluding ortho intramolecular Hbond substituents is 1. The maximum atomic E-state index is 17.0. The number of nitriles is 1. The summed E-state index contributed by atoms with van der Waals surface area (Å²) < 4.78 is 82.7. The van der Waals surface area contributed by atoms with Gasteiger partial charge < -0.3 is 19.6 Å². The van der Waals surface area contributed by atoms with Crippen LogP contribution in [0, 0.1) is 41.1 Å². The molecule has 1 aromatic heterocycles. The number of nitrogens with zero attached hydrogens (tertiary/aromatic N) is 6. The van der Waals surface area contributed by atoms with Crippen molar-refractivity contribution in [3.05, 3.63) is 65.8 Å². The molecule has 0 radical (unpaired) electrons. The topological polar surface area (TPSA) is 106 Å². The smallest absolute Gasteiger partial charge is 0.319 e. The highest BCUT2D eigenvalue weighted by atomic mass is 19.1. The first-order chi connectivity index (χ1) is 24.4. The molecule has 0 bridgehead atoms. The average Bonchev–Trinajstić information content (AvgIpc) is 3.62. The van der Waals surface area contributed by atoms with E-state index in [-0.39, 0.29) is 96.0 Å². The van der Waals surface area contributed by atoms with E-state index in [9.17, 15) is 28.3 Å². The maximum Gasteiger partial charge on any atom is 0.319 e. The standard InChI is InChI=1S/C37H31F5N6O3/c1-3-25-28(40)6-5-21-13-24(49)14-26(30(21)25)31-29(41)15-27-33(32(31)42)44-36(51-19-37-8-4-10-47(37)17-22(39)16-37)45-34(27)46-11-12-48(35(50)20(2)38)23(18-46)7-9-43/h1,5-6,13-15,22-23,49H,2,4,7-8,10-12,16-19H2/t22-,23+,37+/m1/s1. The molecule has 4 aromatic rings. The molecule has 0 aliphatic carbocycles. The lowest BCUT2D eigenvalue weighted by Gasteiger charge is -2.41. The molecule has 3 saturated heterocycles. The van der Waals surface area contributed by atoms with Crippen LogP contribution in [0.2, 0.25) is 0 Å². The molecular formula is C37H31F5N6O3. The van der Waals surface area contributed by atoms with Gasteiger partial charge >= 0.3 is 6.01 Å². The molecule has 0 unspecified atom stereocenters. The molecule has 51 heavy (non-hydrogen) atoms. The largest absolute Gasteiger partial charge is 0.508 e. The minimum absolute atomic E-state index is 0.00442. The van der Waals surface area contributed by atoms with E-state index in [0.29, 0.717) is 13.0 Å². The fourth-order valence-corrected chi connectivity index (χ4v) is 7.87. The molecule has 1 amide bonds. The number of rotatable bonds is 7. The zero-order valence-electron chi connectivity index (χ0n) is 27.2. The zero-order valence-corrected chi connectivity index (χ0v) is 27.2. The summed E-state index contributed by atoms with van der Waals surface area (Å²) >= 11 is 0. The predicted octanol–water partition coefficient (Wildman–Crippen LogP) is 5.92. The van der Waals surface area contributed by atoms with Crippen LogP contribution in [-0.2, 0) is 4.79 Å². The van der Waals surface area contributed by atoms with Crippen LogP contribution in [0.4, 0.5) is 27.8 Å². The van der Waals surface area contributed by atoms with Gasteiger partial charge in [-0.3, -0.25) is 9.69 Å². The highest BCUT2D eigenvalue weighted by Crippen LogP contribution is 2.43. The Morgan fingerprint density at radius 2 is 1.94 bits per heavy atom. The van der Waals surface area contributed by atoms with E-state index in [4.69, 9.17) is 11.2 Å². The van der Waals surface area contributed by atoms with E-state index < -0.39 is 52.5 Å². The van der Waals surface area contributed by atoms with Gasteiger partial charge in [-0.25, -0.2) is 22.0 Å². The van der Waals surface area contributed by atoms with Gasteiger partial charge in [-0.1, -0.05) is 18.6 Å². The lowest BCUT2D eigenvalue weighted by molar-refractivity contribution is -0.131. The number of alkyl halides is 1. The Hall–Kier alpha value is -5.47. The Bertz CT molecular complexity index is 2200. The molecule has 0 saturated carbocycles. The summed E-state index contributed by atoms with van der Waals surface area (Å²) in [6.45, 7) is 3.93. The maximum absolute atomic E-state index is 17.0. The first-order valence-corrected chi connectivity index (χ1v) is 16.4. The summed E-state index contributed by atoms with van der Waals surface area (Å²) in [4.78, 5) is 26.3. The van der Waals surface area contributed by atoms with Crippen molar-refractivity contribution < 1.29 is 36.6 Å². The second kappa shape index (κ2) is 13.0. The van der Waals surface area contributed by atoms with E-state index >= 15 is 8.78 Å². The lowest BCUT2D eigenvalue weighted by atomic mass is 9.92. The summed E-state index contributed by atoms with van der Waals surface area (Å²) in [5.74, 6) is -3.36. The summed E-state index contributed by atoms with van der Waals surface area (Å²) in [6.07, 6.45) is 6.13. The number of ether oxygens (including phenoxy) is 1. The number of halogens is 5. The minimum Gasteiger partial charge on any atom is -0.508 e. The highest BCUT2D eigenvalue weighted by Gasteiger charge is 2.49. The van der Waals surface area contributed by atoms with Crippen molar-refractivity contribution in [3.63, 3.8) is 0 Å². The Labute approximate surface area is 289 Å². The van der Waals surface area contributed by atoms with Crippen molar-refractivity contribution in [2.75, 3.05) is 44.2 Å². The number of aromatic nitrogens is 2. The summed E-state index contributed by atoms with van der Waals surface area (Å²) in [7, 11) is 0. The van der Waals surface area contributed by atoms with Crippen LogP contribution in [-0.4, -0.2) is 87.9 Å². The van der Waals surface area contributed by atoms with Crippen molar-refractivity contribution in [2.24, 2.45) is 0 Å². The predicted molar refractivity (Wildman–Crippen MR) is 179 cm³/mol. The number of amides is 1. The van der Waals surface area contributed by atoms with Crippen molar-refractivity contribution in [1.82, 2.24) is 19.8 Å². The fourth-order valence-electron chi connectivity index (χ4n) is 7.87. The summed E-state index contributed by atoms with van der Waals surface area (Å²) in [5, 5.41) is 20.2. The lowest BCUT2D eigenvalue weighted by Crippen LogP contribution is -2.55. The molecule has 14 heteroatoms. The van der Waals surface area contributed by atoms with Crippen LogP contribution < -0.4 is 9.64 Å². The van der Waals surface area contributed by atoms with Gasteiger partial charge in [0.25, 0.3) is 5.91 Å². The third kappa shape index (κ3) is 5.83. The molecule has 3 aliphatic heterocycles. The second-order valence-corrected chi connectivity index (χ2v) is 13.2. The molecule has 3 aromatic carbocycles. The van der Waals surface area contributed by atoms with Crippen LogP contribution in [0.3, 0.4) is 0 Å². The molecule has 3 fully saturated rings. The first kappa shape index (κ1) is 34.0. The SMILES string of the molecule is C#Cc1c(F)ccc2cc(O)cc(-c3c(F)cc4c(N5CCN(C(=O)C(=C)F)[C@@H](CC#N)C5)nc(OC[C@@]56CCCN5C[C@H](F)C6)nc4c3F)c12. The van der Waals surface area contributed by atoms with Gasteiger partial charge in [0.15, 0.2) is 11.6 Å². The minimum atomic E-state index is -1.19. The zero-order chi connectivity index (χ0) is 36.2. The van der Waals surface area contributed by atoms with Crippen LogP contribution in [0.25, 0.3) is 32.8 Å². The van der Waals surface area contributed by atoms with Gasteiger partial charge in [0.2, 0.25) is 0 Å². The van der Waals surface area contributed by atoms with Crippen LogP contribution in [0.1, 0.15) is 31.2 Å². The molecule has 1 N–H and O–H groups in total. The van der Waals surface area contributed by atoms with E-state index in [1.54, 1.807) is 4.90 Å². The molecule has 9 nitrogen and oxygen atoms in total. The van der Waals surface area contributed by atoms with Crippen molar-refractivity contribution in [1.29, 1.82) is 5.26 Å². The number of anilines is 1. The van der Waals surface area contributed by atoms with Crippen LogP contribution >= 0.6 is 0 Å². The Morgan fingerprint density at radius 1 is 1.14 bits per heavy atom. The average molecular weight is 703 g/mol. The van der Waals surface area contributed by atoms with Gasteiger partial charge in [0.05, 0.1) is 35.2 Å². The Kier molecular flexibility index (Phi) is 8.67. The normalized spacial score (nSPS) is 21.9. The number of aromatic hydroxyl groups is 1. The molecule has 7 rings (SSSR count). The van der Waals surface area contributed by atoms with E-state index in [1.807, 2.05) is 11.0 Å². The van der Waals surface area contributed by atoms with Gasteiger partial charge in [-0.15, -0.1) is 6.42 Å². The van der Waals surface area contributed by atoms with Crippen LogP contribution in [0.15, 0.2) is 42.7 Å². The van der Waals surface area contributed by atoms with Crippen LogP contribution in [0.5, 0.6) is 11.8 Å². The third-order valence-corrected chi connectivity index (χ3v) is 10.1. The number of hydrogen-bond donors (Lipinski definition) is 1. The number of carbonyl (C=O) groups excluding carboxylic acids is 1. The Balaban J connectivity index is 1.39. The van der Waals surface area contributed by atoms with Crippen molar-refractivity contribution in [2.45, 2.75) is 43.4 Å². The molecule has 262 valence electrons. The van der Waals surface area contributed by atoms with Gasteiger partial charge in [0.1, 0.15) is 41.5 Å². The molecule has 4 heterocycles. The molecular weight excluding hydrogens is 671 g/mol. The second-order valence-electron chi connectivity index (χ2n) is 13.2. The monoisotopic (exact) mass is 702 g/mol. The third-order valence-electron chi connectivity index (χ3n) is 10.1. The first-order valence-electron chi connectivity index (χ1n) is 16.4. The Morgan fingerprint density at radius 3 is 2.69 bits per heavy atom. The molecule has 3 atom stereocenters. The van der Waals surface area contributed by atoms with Crippen molar-refractivity contribution in [3.8, 4) is 41.3 Å². The quantitative estimate of drug-likeness (QED) is 0.144. The van der Waals surface area contributed by atoms with Gasteiger partial charge in [0, 0.05) is 48.9 Å². The summed E-state index contributed by atoms with van der Waals surface area (Å²) in [5.41, 5.74) is -2.12. The number of phenols is 1. The van der Waals surface area contributed by atoms with Gasteiger partial charge in [-0.05, 0) is 49.0 Å². The van der Waals surface area contributed by atoms with Gasteiger partial charge in [-0.2, -0.15) is 15.2 Å². The molecule has 0 spiro atoms. The van der Waals surface area contributed by atoms with E-state index in [1.165, 1.54) is 17.0 Å². The fraction of sp³-hybridized carbons (Fsp3) is 0.351. The highest BCUT2D eigenvalue weighted by molar-refractivity contribution is 6.04. The number of benzene rings is 3. The number of fused-ring (bicyclic) bond motifs is 3. The number of terminal acetylenes is 1. The molecule has 3 aliphatic rings. The number of hydrogen-bond acceptors (Lipinski definition) is 8. The van der Waals surface area contributed by atoms with E-state index in [2.05, 4.69) is 22.5 Å². The van der Waals surface area contributed by atoms with E-state index in [0.717, 1.165) is 24.6 Å². The summed E-state index contributed by atoms with van der Waals surface area (Å²) in [6, 6.07) is 6.66. The number of piperazine rings is 1. The number of carbonyl (C=O) groups is 1. The van der Waals surface area contributed by atoms with Crippen molar-refractivity contribution >= 4 is 33.4 Å².